The SMILES string of the molecule is CCOC(=O)C1=C(CN2CC(F)CC2COCC=O)NC(c2nccs2)=N[C@H]1c1ccc(F)cc1Br.CO. The third kappa shape index (κ3) is 7.29. The number of ether oxygens (including phenoxy) is 2. The van der Waals surface area contributed by atoms with Crippen LogP contribution < -0.4 is 5.32 Å². The van der Waals surface area contributed by atoms with Gasteiger partial charge in [-0.05, 0) is 31.0 Å². The molecular formula is C25H29BrF2N4O5S. The highest BCUT2D eigenvalue weighted by Crippen LogP contribution is 2.37. The van der Waals surface area contributed by atoms with Gasteiger partial charge in [0, 0.05) is 48.0 Å². The quantitative estimate of drug-likeness (QED) is 0.238. The van der Waals surface area contributed by atoms with E-state index in [1.165, 1.54) is 23.5 Å². The summed E-state index contributed by atoms with van der Waals surface area (Å²) in [6, 6.07) is 3.09. The van der Waals surface area contributed by atoms with Gasteiger partial charge < -0.3 is 24.7 Å². The molecule has 0 bridgehead atoms. The Labute approximate surface area is 231 Å². The molecule has 206 valence electrons. The van der Waals surface area contributed by atoms with Crippen LogP contribution in [0.2, 0.25) is 0 Å². The third-order valence-corrected chi connectivity index (χ3v) is 7.31. The Balaban J connectivity index is 0.00000195. The third-order valence-electron chi connectivity index (χ3n) is 5.85. The zero-order valence-electron chi connectivity index (χ0n) is 20.9. The Morgan fingerprint density at radius 3 is 2.84 bits per heavy atom. The molecule has 38 heavy (non-hydrogen) atoms. The van der Waals surface area contributed by atoms with Gasteiger partial charge in [0.2, 0.25) is 0 Å². The van der Waals surface area contributed by atoms with E-state index in [4.69, 9.17) is 19.6 Å². The van der Waals surface area contributed by atoms with Crippen molar-refractivity contribution in [1.82, 2.24) is 15.2 Å². The average Bonchev–Trinajstić information content (AvgIpc) is 3.55. The lowest BCUT2D eigenvalue weighted by atomic mass is 9.95. The first-order valence-electron chi connectivity index (χ1n) is 11.8. The maximum atomic E-state index is 14.4. The van der Waals surface area contributed by atoms with Crippen LogP contribution in [0.5, 0.6) is 0 Å². The highest BCUT2D eigenvalue weighted by molar-refractivity contribution is 9.10. The molecule has 0 amide bonds. The van der Waals surface area contributed by atoms with Crippen LogP contribution in [0.1, 0.15) is 30.0 Å². The molecular weight excluding hydrogens is 586 g/mol. The maximum absolute atomic E-state index is 14.4. The van der Waals surface area contributed by atoms with Gasteiger partial charge in [-0.25, -0.2) is 18.6 Å². The number of hydrogen-bond donors (Lipinski definition) is 2. The lowest BCUT2D eigenvalue weighted by Gasteiger charge is -2.31. The predicted octanol–water partition coefficient (Wildman–Crippen LogP) is 3.19. The molecule has 2 aliphatic heterocycles. The van der Waals surface area contributed by atoms with E-state index in [0.29, 0.717) is 32.9 Å². The lowest BCUT2D eigenvalue weighted by Crippen LogP contribution is -2.42. The number of likely N-dealkylation sites (tertiary alicyclic amines) is 1. The predicted molar refractivity (Wildman–Crippen MR) is 142 cm³/mol. The molecule has 2 N–H and O–H groups in total. The minimum Gasteiger partial charge on any atom is -0.463 e. The van der Waals surface area contributed by atoms with E-state index in [0.717, 1.165) is 7.11 Å². The Bertz CT molecular complexity index is 1160. The molecule has 13 heteroatoms. The summed E-state index contributed by atoms with van der Waals surface area (Å²) in [5.74, 6) is -0.568. The summed E-state index contributed by atoms with van der Waals surface area (Å²) < 4.78 is 39.5. The van der Waals surface area contributed by atoms with Gasteiger partial charge in [-0.1, -0.05) is 22.0 Å². The molecule has 3 heterocycles. The number of nitrogens with zero attached hydrogens (tertiary/aromatic N) is 3. The Kier molecular flexibility index (Phi) is 11.5. The molecule has 2 unspecified atom stereocenters. The second kappa shape index (κ2) is 14.5. The highest BCUT2D eigenvalue weighted by Gasteiger charge is 2.38. The van der Waals surface area contributed by atoms with Crippen molar-refractivity contribution in [2.75, 3.05) is 40.0 Å². The minimum absolute atomic E-state index is 0.0716. The summed E-state index contributed by atoms with van der Waals surface area (Å²) >= 11 is 4.78. The van der Waals surface area contributed by atoms with E-state index in [-0.39, 0.29) is 50.9 Å². The Morgan fingerprint density at radius 1 is 1.39 bits per heavy atom. The largest absolute Gasteiger partial charge is 0.463 e. The molecule has 1 fully saturated rings. The fraction of sp³-hybridized carbons (Fsp3) is 0.440. The van der Waals surface area contributed by atoms with E-state index < -0.39 is 24.0 Å². The molecule has 1 aromatic heterocycles. The number of aliphatic hydroxyl groups excluding tert-OH is 1. The average molecular weight is 615 g/mol. The van der Waals surface area contributed by atoms with E-state index in [2.05, 4.69) is 26.2 Å². The number of benzene rings is 1. The zero-order chi connectivity index (χ0) is 27.7. The number of aliphatic hydroxyl groups is 1. The molecule has 0 saturated carbocycles. The normalized spacial score (nSPS) is 21.3. The zero-order valence-corrected chi connectivity index (χ0v) is 23.3. The number of carbonyl (C=O) groups excluding carboxylic acids is 2. The van der Waals surface area contributed by atoms with Crippen molar-refractivity contribution in [3.8, 4) is 0 Å². The Morgan fingerprint density at radius 2 is 2.18 bits per heavy atom. The Hall–Kier alpha value is -2.58. The van der Waals surface area contributed by atoms with Crippen molar-refractivity contribution in [1.29, 1.82) is 0 Å². The molecule has 0 spiro atoms. The standard InChI is InChI=1S/C24H25BrF2N4O4S.CH4O/c1-2-35-24(33)20-19(12-31-11-15(27)9-16(31)13-34-7-6-32)29-22(23-28-5-8-36-23)30-21(20)17-4-3-14(26)10-18(17)25;1-2/h3-6,8,10,15-16,21H,2,7,9,11-13H2,1H3,(H,29,30);2H,1H3/t15?,16?,21-;/m0./s1. The monoisotopic (exact) mass is 614 g/mol. The lowest BCUT2D eigenvalue weighted by molar-refractivity contribution is -0.139. The van der Waals surface area contributed by atoms with Crippen molar-refractivity contribution in [2.45, 2.75) is 31.6 Å². The second-order valence-electron chi connectivity index (χ2n) is 8.24. The number of alkyl halides is 1. The van der Waals surface area contributed by atoms with E-state index in [1.807, 2.05) is 4.90 Å². The van der Waals surface area contributed by atoms with Crippen LogP contribution >= 0.6 is 27.3 Å². The molecule has 0 radical (unpaired) electrons. The number of thiazole rings is 1. The van der Waals surface area contributed by atoms with Gasteiger partial charge >= 0.3 is 5.97 Å². The minimum atomic E-state index is -1.07. The number of nitrogens with one attached hydrogen (secondary N) is 1. The summed E-state index contributed by atoms with van der Waals surface area (Å²) in [6.07, 6.45) is 1.48. The van der Waals surface area contributed by atoms with Crippen LogP contribution in [-0.2, 0) is 19.1 Å². The molecule has 1 aromatic carbocycles. The molecule has 4 rings (SSSR count). The van der Waals surface area contributed by atoms with E-state index >= 15 is 0 Å². The summed E-state index contributed by atoms with van der Waals surface area (Å²) in [7, 11) is 1.00. The number of carbonyl (C=O) groups is 2. The first-order chi connectivity index (χ1) is 18.4. The van der Waals surface area contributed by atoms with Crippen LogP contribution in [0, 0.1) is 5.82 Å². The van der Waals surface area contributed by atoms with Crippen molar-refractivity contribution >= 4 is 45.4 Å². The summed E-state index contributed by atoms with van der Waals surface area (Å²) in [6.45, 7) is 2.29. The molecule has 2 aromatic rings. The van der Waals surface area contributed by atoms with E-state index in [9.17, 15) is 18.4 Å². The second-order valence-corrected chi connectivity index (χ2v) is 9.99. The molecule has 1 saturated heterocycles. The number of esters is 1. The van der Waals surface area contributed by atoms with Gasteiger partial charge in [-0.2, -0.15) is 0 Å². The van der Waals surface area contributed by atoms with Crippen LogP contribution in [0.15, 0.2) is 50.5 Å². The number of hydrogen-bond acceptors (Lipinski definition) is 10. The van der Waals surface area contributed by atoms with Crippen molar-refractivity contribution in [3.63, 3.8) is 0 Å². The van der Waals surface area contributed by atoms with Crippen LogP contribution in [0.4, 0.5) is 8.78 Å². The van der Waals surface area contributed by atoms with Gasteiger partial charge in [0.1, 0.15) is 30.9 Å². The molecule has 3 atom stereocenters. The number of aliphatic imine (C=N–C) groups is 1. The van der Waals surface area contributed by atoms with Gasteiger partial charge in [0.25, 0.3) is 0 Å². The number of rotatable bonds is 10. The summed E-state index contributed by atoms with van der Waals surface area (Å²) in [5.41, 5.74) is 1.31. The number of amidine groups is 1. The van der Waals surface area contributed by atoms with Gasteiger partial charge in [0.15, 0.2) is 10.8 Å². The fourth-order valence-corrected chi connectivity index (χ4v) is 5.47. The smallest absolute Gasteiger partial charge is 0.338 e. The maximum Gasteiger partial charge on any atom is 0.338 e. The van der Waals surface area contributed by atoms with Gasteiger partial charge in [0.05, 0.1) is 18.8 Å². The van der Waals surface area contributed by atoms with Crippen molar-refractivity contribution in [2.24, 2.45) is 4.99 Å². The molecule has 0 aliphatic carbocycles. The summed E-state index contributed by atoms with van der Waals surface area (Å²) in [5, 5.41) is 12.6. The number of aldehydes is 1. The number of halogens is 3. The van der Waals surface area contributed by atoms with Crippen LogP contribution in [0.3, 0.4) is 0 Å². The van der Waals surface area contributed by atoms with Crippen molar-refractivity contribution < 1.29 is 33.0 Å². The molecule has 9 nitrogen and oxygen atoms in total. The number of aromatic nitrogens is 1. The van der Waals surface area contributed by atoms with Gasteiger partial charge in [-0.3, -0.25) is 9.89 Å². The molecule has 2 aliphatic rings. The summed E-state index contributed by atoms with van der Waals surface area (Å²) in [4.78, 5) is 34.9. The van der Waals surface area contributed by atoms with Gasteiger partial charge in [-0.15, -0.1) is 11.3 Å². The first-order valence-corrected chi connectivity index (χ1v) is 13.5. The topological polar surface area (TPSA) is 113 Å². The van der Waals surface area contributed by atoms with Crippen LogP contribution in [-0.4, -0.2) is 85.3 Å². The highest BCUT2D eigenvalue weighted by atomic mass is 79.9. The van der Waals surface area contributed by atoms with Crippen molar-refractivity contribution in [3.05, 3.63) is 61.9 Å². The van der Waals surface area contributed by atoms with Crippen LogP contribution in [0.25, 0.3) is 0 Å². The first kappa shape index (κ1) is 30.0. The fourth-order valence-electron chi connectivity index (χ4n) is 4.31. The van der Waals surface area contributed by atoms with E-state index in [1.54, 1.807) is 24.6 Å².